The molecule has 0 atom stereocenters. The first-order chi connectivity index (χ1) is 8.42. The number of anilines is 1. The molecule has 0 fully saturated rings. The second-order valence-corrected chi connectivity index (χ2v) is 5.76. The predicted molar refractivity (Wildman–Crippen MR) is 74.8 cm³/mol. The van der Waals surface area contributed by atoms with Crippen LogP contribution in [0.5, 0.6) is 5.75 Å². The molecule has 0 bridgehead atoms. The molecule has 1 heterocycles. The van der Waals surface area contributed by atoms with Crippen LogP contribution in [-0.4, -0.2) is 16.7 Å². The van der Waals surface area contributed by atoms with Crippen LogP contribution in [0.2, 0.25) is 0 Å². The first kappa shape index (κ1) is 12.7. The van der Waals surface area contributed by atoms with E-state index in [1.54, 1.807) is 7.11 Å². The molecule has 0 aliphatic carbocycles. The van der Waals surface area contributed by atoms with Gasteiger partial charge in [0.1, 0.15) is 11.3 Å². The third-order valence-electron chi connectivity index (χ3n) is 3.08. The van der Waals surface area contributed by atoms with Crippen molar-refractivity contribution in [3.05, 3.63) is 18.2 Å². The summed E-state index contributed by atoms with van der Waals surface area (Å²) in [6.07, 6.45) is 1.06. The molecular weight excluding hydrogens is 226 g/mol. The molecule has 4 nitrogen and oxygen atoms in total. The normalized spacial score (nSPS) is 12.0. The molecule has 0 aliphatic rings. The molecule has 98 valence electrons. The minimum absolute atomic E-state index is 0.280. The molecule has 0 spiro atoms. The van der Waals surface area contributed by atoms with Crippen LogP contribution in [-0.2, 0) is 6.54 Å². The molecule has 0 aliphatic heterocycles. The van der Waals surface area contributed by atoms with Crippen molar-refractivity contribution in [2.24, 2.45) is 5.41 Å². The summed E-state index contributed by atoms with van der Waals surface area (Å²) in [4.78, 5) is 4.40. The Kier molecular flexibility index (Phi) is 3.20. The van der Waals surface area contributed by atoms with Crippen LogP contribution < -0.4 is 10.5 Å². The second kappa shape index (κ2) is 4.52. The van der Waals surface area contributed by atoms with E-state index in [1.807, 2.05) is 18.2 Å². The van der Waals surface area contributed by atoms with Crippen LogP contribution in [0.3, 0.4) is 0 Å². The van der Waals surface area contributed by atoms with Crippen molar-refractivity contribution in [1.82, 2.24) is 9.55 Å². The number of aryl methyl sites for hydroxylation is 1. The van der Waals surface area contributed by atoms with Crippen LogP contribution >= 0.6 is 0 Å². The van der Waals surface area contributed by atoms with E-state index in [9.17, 15) is 0 Å². The number of benzene rings is 1. The van der Waals surface area contributed by atoms with E-state index in [1.165, 1.54) is 0 Å². The number of nitrogen functional groups attached to an aromatic ring is 1. The summed E-state index contributed by atoms with van der Waals surface area (Å²) in [6.45, 7) is 7.55. The van der Waals surface area contributed by atoms with E-state index in [-0.39, 0.29) is 5.41 Å². The fraction of sp³-hybridized carbons (Fsp3) is 0.500. The van der Waals surface area contributed by atoms with Gasteiger partial charge in [0.15, 0.2) is 0 Å². The number of ether oxygens (including phenoxy) is 1. The fourth-order valence-electron chi connectivity index (χ4n) is 1.99. The third-order valence-corrected chi connectivity index (χ3v) is 3.08. The Bertz CT molecular complexity index is 552. The Morgan fingerprint density at radius 1 is 1.33 bits per heavy atom. The Morgan fingerprint density at radius 3 is 2.67 bits per heavy atom. The van der Waals surface area contributed by atoms with Crippen LogP contribution in [0, 0.1) is 5.41 Å². The monoisotopic (exact) mass is 247 g/mol. The summed E-state index contributed by atoms with van der Waals surface area (Å²) in [7, 11) is 1.65. The molecular formula is C14H21N3O. The lowest BCUT2D eigenvalue weighted by Crippen LogP contribution is -2.12. The smallest absolute Gasteiger partial charge is 0.201 e. The number of nitrogens with zero attached hydrogens (tertiary/aromatic N) is 2. The highest BCUT2D eigenvalue weighted by Gasteiger charge is 2.15. The van der Waals surface area contributed by atoms with Gasteiger partial charge in [-0.25, -0.2) is 4.98 Å². The first-order valence-corrected chi connectivity index (χ1v) is 6.21. The Hall–Kier alpha value is -1.71. The summed E-state index contributed by atoms with van der Waals surface area (Å²) in [6, 6.07) is 5.91. The number of para-hydroxylation sites is 1. The van der Waals surface area contributed by atoms with Gasteiger partial charge in [-0.15, -0.1) is 0 Å². The molecule has 0 saturated heterocycles. The van der Waals surface area contributed by atoms with Gasteiger partial charge in [0.25, 0.3) is 0 Å². The summed E-state index contributed by atoms with van der Waals surface area (Å²) in [5.74, 6) is 1.33. The minimum Gasteiger partial charge on any atom is -0.494 e. The molecule has 1 aromatic carbocycles. The predicted octanol–water partition coefficient (Wildman–Crippen LogP) is 3.06. The van der Waals surface area contributed by atoms with Gasteiger partial charge < -0.3 is 15.0 Å². The lowest BCUT2D eigenvalue weighted by Gasteiger charge is -2.18. The summed E-state index contributed by atoms with van der Waals surface area (Å²) in [5, 5.41) is 0. The standard InChI is InChI=1S/C14H21N3O/c1-14(2,3)8-9-17-10-6-5-7-11(18-4)12(10)16-13(17)15/h5-7H,8-9H2,1-4H3,(H2,15,16). The number of fused-ring (bicyclic) bond motifs is 1. The van der Waals surface area contributed by atoms with Gasteiger partial charge in [0, 0.05) is 6.54 Å². The maximum atomic E-state index is 6.00. The zero-order valence-corrected chi connectivity index (χ0v) is 11.5. The van der Waals surface area contributed by atoms with Gasteiger partial charge in [-0.2, -0.15) is 0 Å². The average Bonchev–Trinajstić information content (AvgIpc) is 2.61. The minimum atomic E-state index is 0.280. The van der Waals surface area contributed by atoms with Gasteiger partial charge >= 0.3 is 0 Å². The molecule has 2 N–H and O–H groups in total. The highest BCUT2D eigenvalue weighted by molar-refractivity contribution is 5.84. The fourth-order valence-corrected chi connectivity index (χ4v) is 1.99. The van der Waals surface area contributed by atoms with Crippen LogP contribution in [0.1, 0.15) is 27.2 Å². The molecule has 0 amide bonds. The van der Waals surface area contributed by atoms with Crippen molar-refractivity contribution in [2.45, 2.75) is 33.7 Å². The van der Waals surface area contributed by atoms with Gasteiger partial charge in [-0.05, 0) is 24.0 Å². The molecule has 2 aromatic rings. The van der Waals surface area contributed by atoms with Crippen LogP contribution in [0.15, 0.2) is 18.2 Å². The quantitative estimate of drug-likeness (QED) is 0.907. The second-order valence-electron chi connectivity index (χ2n) is 5.76. The molecule has 18 heavy (non-hydrogen) atoms. The highest BCUT2D eigenvalue weighted by atomic mass is 16.5. The van der Waals surface area contributed by atoms with Crippen molar-refractivity contribution in [3.8, 4) is 5.75 Å². The zero-order valence-electron chi connectivity index (χ0n) is 11.5. The molecule has 1 aromatic heterocycles. The molecule has 0 unspecified atom stereocenters. The van der Waals surface area contributed by atoms with Gasteiger partial charge in [-0.1, -0.05) is 26.8 Å². The number of hydrogen-bond acceptors (Lipinski definition) is 3. The topological polar surface area (TPSA) is 53.1 Å². The van der Waals surface area contributed by atoms with Gasteiger partial charge in [0.05, 0.1) is 12.6 Å². The van der Waals surface area contributed by atoms with Crippen LogP contribution in [0.4, 0.5) is 5.95 Å². The zero-order chi connectivity index (χ0) is 13.3. The van der Waals surface area contributed by atoms with E-state index in [2.05, 4.69) is 30.3 Å². The SMILES string of the molecule is COc1cccc2c1nc(N)n2CCC(C)(C)C. The number of hydrogen-bond donors (Lipinski definition) is 1. The lowest BCUT2D eigenvalue weighted by atomic mass is 9.92. The lowest BCUT2D eigenvalue weighted by molar-refractivity contribution is 0.354. The maximum Gasteiger partial charge on any atom is 0.201 e. The number of rotatable bonds is 3. The van der Waals surface area contributed by atoms with E-state index < -0.39 is 0 Å². The van der Waals surface area contributed by atoms with Crippen molar-refractivity contribution in [2.75, 3.05) is 12.8 Å². The largest absolute Gasteiger partial charge is 0.494 e. The number of methoxy groups -OCH3 is 1. The molecule has 4 heteroatoms. The number of nitrogens with two attached hydrogens (primary N) is 1. The number of imidazole rings is 1. The van der Waals surface area contributed by atoms with E-state index >= 15 is 0 Å². The van der Waals surface area contributed by atoms with Crippen molar-refractivity contribution in [1.29, 1.82) is 0 Å². The van der Waals surface area contributed by atoms with Crippen molar-refractivity contribution >= 4 is 17.0 Å². The molecule has 0 radical (unpaired) electrons. The molecule has 2 rings (SSSR count). The Morgan fingerprint density at radius 2 is 2.06 bits per heavy atom. The highest BCUT2D eigenvalue weighted by Crippen LogP contribution is 2.28. The van der Waals surface area contributed by atoms with E-state index in [0.29, 0.717) is 5.95 Å². The van der Waals surface area contributed by atoms with Crippen LogP contribution in [0.25, 0.3) is 11.0 Å². The first-order valence-electron chi connectivity index (χ1n) is 6.21. The Balaban J connectivity index is 2.42. The number of aromatic nitrogens is 2. The average molecular weight is 247 g/mol. The third kappa shape index (κ3) is 2.42. The maximum absolute atomic E-state index is 6.00. The van der Waals surface area contributed by atoms with Gasteiger partial charge in [-0.3, -0.25) is 0 Å². The molecule has 0 saturated carbocycles. The summed E-state index contributed by atoms with van der Waals surface area (Å²) >= 11 is 0. The Labute approximate surface area is 108 Å². The summed E-state index contributed by atoms with van der Waals surface area (Å²) < 4.78 is 7.37. The van der Waals surface area contributed by atoms with E-state index in [0.717, 1.165) is 29.7 Å². The van der Waals surface area contributed by atoms with Gasteiger partial charge in [0.2, 0.25) is 5.95 Å². The van der Waals surface area contributed by atoms with E-state index in [4.69, 9.17) is 10.5 Å². The summed E-state index contributed by atoms with van der Waals surface area (Å²) in [5.41, 5.74) is 8.16. The van der Waals surface area contributed by atoms with Crippen molar-refractivity contribution in [3.63, 3.8) is 0 Å². The van der Waals surface area contributed by atoms with Crippen molar-refractivity contribution < 1.29 is 4.74 Å².